The van der Waals surface area contributed by atoms with Crippen molar-refractivity contribution < 1.29 is 20.1 Å². The van der Waals surface area contributed by atoms with Crippen LogP contribution in [0.3, 0.4) is 0 Å². The zero-order chi connectivity index (χ0) is 10.3. The first kappa shape index (κ1) is 8.62. The zero-order valence-electron chi connectivity index (χ0n) is 7.14. The van der Waals surface area contributed by atoms with Gasteiger partial charge in [-0.05, 0) is 5.56 Å². The number of carboxylic acid groups (broad SMARTS) is 1. The van der Waals surface area contributed by atoms with Gasteiger partial charge in [-0.15, -0.1) is 0 Å². The molecular weight excluding hydrogens is 184 g/mol. The largest absolute Gasteiger partial charge is 0.507 e. The zero-order valence-corrected chi connectivity index (χ0v) is 7.14. The molecule has 0 radical (unpaired) electrons. The Bertz CT molecular complexity index is 434. The number of fused-ring (bicyclic) bond motifs is 1. The lowest BCUT2D eigenvalue weighted by molar-refractivity contribution is -0.138. The van der Waals surface area contributed by atoms with Crippen LogP contribution in [0.25, 0.3) is 5.76 Å². The van der Waals surface area contributed by atoms with E-state index in [4.69, 9.17) is 5.11 Å². The summed E-state index contributed by atoms with van der Waals surface area (Å²) in [7, 11) is 0. The van der Waals surface area contributed by atoms with E-state index in [0.29, 0.717) is 11.1 Å². The molecule has 72 valence electrons. The smallest absolute Gasteiger partial charge is 0.318 e. The molecule has 1 atom stereocenters. The van der Waals surface area contributed by atoms with Crippen LogP contribution in [-0.2, 0) is 4.79 Å². The summed E-state index contributed by atoms with van der Waals surface area (Å²) in [5.74, 6) is -3.13. The Morgan fingerprint density at radius 1 is 1.21 bits per heavy atom. The van der Waals surface area contributed by atoms with Crippen molar-refractivity contribution in [3.63, 3.8) is 0 Å². The highest BCUT2D eigenvalue weighted by molar-refractivity contribution is 5.88. The molecule has 2 rings (SSSR count). The van der Waals surface area contributed by atoms with Crippen LogP contribution in [0.1, 0.15) is 17.0 Å². The number of carbonyl (C=O) groups is 1. The summed E-state index contributed by atoms with van der Waals surface area (Å²) in [6, 6.07) is 6.49. The number of hydrogen-bond acceptors (Lipinski definition) is 3. The molecule has 14 heavy (non-hydrogen) atoms. The molecule has 1 aliphatic carbocycles. The number of hydrogen-bond donors (Lipinski definition) is 3. The predicted molar refractivity (Wildman–Crippen MR) is 49.0 cm³/mol. The minimum atomic E-state index is -1.17. The summed E-state index contributed by atoms with van der Waals surface area (Å²) in [4.78, 5) is 10.8. The van der Waals surface area contributed by atoms with E-state index >= 15 is 0 Å². The molecule has 0 saturated heterocycles. The van der Waals surface area contributed by atoms with Gasteiger partial charge in [0.25, 0.3) is 0 Å². The van der Waals surface area contributed by atoms with E-state index in [1.165, 1.54) is 0 Å². The number of carboxylic acids is 1. The van der Waals surface area contributed by atoms with Crippen LogP contribution in [0.2, 0.25) is 0 Å². The SMILES string of the molecule is O=C(O)C1C(O)=C(O)c2ccccc21. The van der Waals surface area contributed by atoms with Crippen LogP contribution >= 0.6 is 0 Å². The van der Waals surface area contributed by atoms with Crippen LogP contribution < -0.4 is 0 Å². The fourth-order valence-corrected chi connectivity index (χ4v) is 1.64. The number of aliphatic hydroxyl groups excluding tert-OH is 2. The Labute approximate surface area is 79.7 Å². The Hall–Kier alpha value is -1.97. The van der Waals surface area contributed by atoms with Crippen LogP contribution in [0.5, 0.6) is 0 Å². The van der Waals surface area contributed by atoms with Crippen LogP contribution in [-0.4, -0.2) is 21.3 Å². The van der Waals surface area contributed by atoms with E-state index in [1.807, 2.05) is 0 Å². The van der Waals surface area contributed by atoms with Gasteiger partial charge in [0.05, 0.1) is 0 Å². The molecule has 0 amide bonds. The summed E-state index contributed by atoms with van der Waals surface area (Å²) in [6.07, 6.45) is 0. The molecule has 1 aliphatic rings. The average Bonchev–Trinajstić information content (AvgIpc) is 2.41. The van der Waals surface area contributed by atoms with Crippen LogP contribution in [0.4, 0.5) is 0 Å². The van der Waals surface area contributed by atoms with Gasteiger partial charge < -0.3 is 15.3 Å². The fourth-order valence-electron chi connectivity index (χ4n) is 1.64. The van der Waals surface area contributed by atoms with Crippen molar-refractivity contribution >= 4 is 11.7 Å². The lowest BCUT2D eigenvalue weighted by Gasteiger charge is -2.05. The molecule has 1 aromatic rings. The highest BCUT2D eigenvalue weighted by Gasteiger charge is 2.36. The van der Waals surface area contributed by atoms with E-state index in [9.17, 15) is 15.0 Å². The number of benzene rings is 1. The summed E-state index contributed by atoms with van der Waals surface area (Å²) >= 11 is 0. The molecule has 0 aromatic heterocycles. The van der Waals surface area contributed by atoms with Gasteiger partial charge in [-0.25, -0.2) is 0 Å². The highest BCUT2D eigenvalue weighted by atomic mass is 16.4. The van der Waals surface area contributed by atoms with Gasteiger partial charge >= 0.3 is 5.97 Å². The van der Waals surface area contributed by atoms with Crippen molar-refractivity contribution in [2.45, 2.75) is 5.92 Å². The molecule has 1 aromatic carbocycles. The van der Waals surface area contributed by atoms with E-state index in [-0.39, 0.29) is 5.76 Å². The average molecular weight is 192 g/mol. The lowest BCUT2D eigenvalue weighted by atomic mass is 10.0. The van der Waals surface area contributed by atoms with Crippen molar-refractivity contribution in [3.8, 4) is 0 Å². The first-order valence-electron chi connectivity index (χ1n) is 4.07. The van der Waals surface area contributed by atoms with Crippen molar-refractivity contribution in [1.29, 1.82) is 0 Å². The molecule has 3 N–H and O–H groups in total. The summed E-state index contributed by atoms with van der Waals surface area (Å²) in [5.41, 5.74) is 0.812. The molecular formula is C10H8O4. The quantitative estimate of drug-likeness (QED) is 0.632. The molecule has 0 bridgehead atoms. The van der Waals surface area contributed by atoms with Crippen molar-refractivity contribution in [1.82, 2.24) is 0 Å². The summed E-state index contributed by atoms with van der Waals surface area (Å²) < 4.78 is 0. The topological polar surface area (TPSA) is 77.8 Å². The van der Waals surface area contributed by atoms with Gasteiger partial charge in [0, 0.05) is 5.56 Å². The third-order valence-electron chi connectivity index (χ3n) is 2.29. The Morgan fingerprint density at radius 2 is 1.86 bits per heavy atom. The van der Waals surface area contributed by atoms with Gasteiger partial charge in [0.1, 0.15) is 5.92 Å². The maximum absolute atomic E-state index is 10.8. The Morgan fingerprint density at radius 3 is 2.50 bits per heavy atom. The maximum Gasteiger partial charge on any atom is 0.318 e. The molecule has 0 heterocycles. The second-order valence-electron chi connectivity index (χ2n) is 3.09. The molecule has 4 heteroatoms. The predicted octanol–water partition coefficient (Wildman–Crippen LogP) is 1.65. The van der Waals surface area contributed by atoms with Crippen LogP contribution in [0, 0.1) is 0 Å². The Balaban J connectivity index is 2.64. The van der Waals surface area contributed by atoms with Gasteiger partial charge in [-0.3, -0.25) is 4.79 Å². The maximum atomic E-state index is 10.8. The van der Waals surface area contributed by atoms with E-state index in [1.54, 1.807) is 24.3 Å². The standard InChI is InChI=1S/C10H8O4/c11-8-6-4-2-1-3-5(6)7(9(8)12)10(13)14/h1-4,7,11-12H,(H,13,14). The third kappa shape index (κ3) is 0.970. The Kier molecular flexibility index (Phi) is 1.70. The van der Waals surface area contributed by atoms with E-state index in [2.05, 4.69) is 0 Å². The minimum absolute atomic E-state index is 0.340. The number of rotatable bonds is 1. The molecule has 1 unspecified atom stereocenters. The van der Waals surface area contributed by atoms with Crippen molar-refractivity contribution in [2.75, 3.05) is 0 Å². The van der Waals surface area contributed by atoms with Gasteiger partial charge in [0.2, 0.25) is 0 Å². The number of aliphatic carboxylic acids is 1. The molecule has 0 spiro atoms. The lowest BCUT2D eigenvalue weighted by Crippen LogP contribution is -2.11. The van der Waals surface area contributed by atoms with Crippen molar-refractivity contribution in [2.24, 2.45) is 0 Å². The van der Waals surface area contributed by atoms with Crippen molar-refractivity contribution in [3.05, 3.63) is 41.2 Å². The van der Waals surface area contributed by atoms with Gasteiger partial charge in [-0.2, -0.15) is 0 Å². The first-order valence-corrected chi connectivity index (χ1v) is 4.07. The summed E-state index contributed by atoms with van der Waals surface area (Å²) in [6.45, 7) is 0. The van der Waals surface area contributed by atoms with Gasteiger partial charge in [-0.1, -0.05) is 24.3 Å². The minimum Gasteiger partial charge on any atom is -0.507 e. The van der Waals surface area contributed by atoms with Crippen LogP contribution in [0.15, 0.2) is 30.0 Å². The molecule has 0 fully saturated rings. The molecule has 0 aliphatic heterocycles. The second kappa shape index (κ2) is 2.77. The second-order valence-corrected chi connectivity index (χ2v) is 3.09. The third-order valence-corrected chi connectivity index (χ3v) is 2.29. The highest BCUT2D eigenvalue weighted by Crippen LogP contribution is 2.38. The van der Waals surface area contributed by atoms with Gasteiger partial charge in [0.15, 0.2) is 11.5 Å². The first-order chi connectivity index (χ1) is 6.63. The molecule has 4 nitrogen and oxygen atoms in total. The number of aliphatic hydroxyl groups is 2. The molecule has 0 saturated carbocycles. The normalized spacial score (nSPS) is 19.6. The van der Waals surface area contributed by atoms with E-state index < -0.39 is 17.6 Å². The fraction of sp³-hybridized carbons (Fsp3) is 0.100. The monoisotopic (exact) mass is 192 g/mol. The van der Waals surface area contributed by atoms with E-state index in [0.717, 1.165) is 0 Å². The summed E-state index contributed by atoms with van der Waals surface area (Å²) in [5, 5.41) is 27.7.